The van der Waals surface area contributed by atoms with Gasteiger partial charge in [0.15, 0.2) is 0 Å². The summed E-state index contributed by atoms with van der Waals surface area (Å²) in [6, 6.07) is 27.1. The summed E-state index contributed by atoms with van der Waals surface area (Å²) in [4.78, 5) is 25.3. The fraction of sp³-hybridized carbons (Fsp3) is 0.148. The predicted molar refractivity (Wildman–Crippen MR) is 131 cm³/mol. The monoisotopic (exact) mass is 438 g/mol. The zero-order chi connectivity index (χ0) is 23.2. The molecule has 0 bridgehead atoms. The third-order valence-corrected chi connectivity index (χ3v) is 5.78. The molecule has 0 fully saturated rings. The lowest BCUT2D eigenvalue weighted by Gasteiger charge is -2.17. The molecule has 2 N–H and O–H groups in total. The van der Waals surface area contributed by atoms with Crippen molar-refractivity contribution in [1.29, 1.82) is 0 Å². The number of aryl methyl sites for hydroxylation is 1. The van der Waals surface area contributed by atoms with Crippen molar-refractivity contribution in [2.75, 3.05) is 6.54 Å². The van der Waals surface area contributed by atoms with Crippen LogP contribution in [0.1, 0.15) is 28.3 Å². The van der Waals surface area contributed by atoms with Crippen molar-refractivity contribution in [3.8, 4) is 0 Å². The lowest BCUT2D eigenvalue weighted by atomic mass is 9.90. The third-order valence-electron chi connectivity index (χ3n) is 5.78. The number of para-hydroxylation sites is 1. The topological polar surface area (TPSA) is 75.5 Å². The van der Waals surface area contributed by atoms with Crippen LogP contribution in [0.2, 0.25) is 0 Å². The van der Waals surface area contributed by atoms with Crippen LogP contribution in [0.4, 0.5) is 0 Å². The number of carbonyl (C=O) groups excluding carboxylic acids is 2. The molecule has 0 atom stereocenters. The van der Waals surface area contributed by atoms with Crippen LogP contribution < -0.4 is 10.7 Å². The molecule has 2 amide bonds. The molecule has 6 heteroatoms. The van der Waals surface area contributed by atoms with E-state index in [0.717, 1.165) is 33.3 Å². The fourth-order valence-electron chi connectivity index (χ4n) is 3.98. The second kappa shape index (κ2) is 9.96. The molecule has 0 saturated carbocycles. The molecule has 0 aliphatic carbocycles. The molecule has 0 spiro atoms. The van der Waals surface area contributed by atoms with E-state index in [0.29, 0.717) is 0 Å². The molecule has 166 valence electrons. The van der Waals surface area contributed by atoms with Gasteiger partial charge in [0.05, 0.1) is 18.7 Å². The first-order valence-corrected chi connectivity index (χ1v) is 10.8. The van der Waals surface area contributed by atoms with Gasteiger partial charge in [-0.25, -0.2) is 5.43 Å². The van der Waals surface area contributed by atoms with Crippen molar-refractivity contribution in [1.82, 2.24) is 15.3 Å². The van der Waals surface area contributed by atoms with Crippen LogP contribution in [0.15, 0.2) is 90.0 Å². The minimum Gasteiger partial charge on any atom is -0.347 e. The molecule has 0 saturated heterocycles. The van der Waals surface area contributed by atoms with Gasteiger partial charge in [-0.05, 0) is 24.1 Å². The summed E-state index contributed by atoms with van der Waals surface area (Å²) < 4.78 is 2.09. The number of nitrogens with one attached hydrogen (secondary N) is 2. The normalized spacial score (nSPS) is 11.2. The first kappa shape index (κ1) is 22.0. The van der Waals surface area contributed by atoms with Gasteiger partial charge >= 0.3 is 0 Å². The largest absolute Gasteiger partial charge is 0.347 e. The zero-order valence-electron chi connectivity index (χ0n) is 18.7. The van der Waals surface area contributed by atoms with Crippen LogP contribution in [0.5, 0.6) is 0 Å². The zero-order valence-corrected chi connectivity index (χ0v) is 18.7. The summed E-state index contributed by atoms with van der Waals surface area (Å²) in [6.45, 7) is 1.84. The molecule has 1 aromatic heterocycles. The summed E-state index contributed by atoms with van der Waals surface area (Å²) in [5.41, 5.74) is 7.35. The van der Waals surface area contributed by atoms with E-state index in [1.807, 2.05) is 98.9 Å². The molecule has 4 aromatic rings. The number of hydrogen-bond donors (Lipinski definition) is 2. The van der Waals surface area contributed by atoms with Gasteiger partial charge < -0.3 is 9.88 Å². The summed E-state index contributed by atoms with van der Waals surface area (Å²) >= 11 is 0. The van der Waals surface area contributed by atoms with E-state index in [1.54, 1.807) is 6.21 Å². The molecule has 33 heavy (non-hydrogen) atoms. The van der Waals surface area contributed by atoms with Gasteiger partial charge in [-0.1, -0.05) is 78.9 Å². The quantitative estimate of drug-likeness (QED) is 0.339. The minimum absolute atomic E-state index is 0.166. The SMILES string of the molecule is Cc1c(/C=N\NC(=O)CNC(=O)C(c2ccccc2)c2ccccc2)c2ccccc2n1C. The Hall–Kier alpha value is -4.19. The van der Waals surface area contributed by atoms with Crippen molar-refractivity contribution in [2.24, 2.45) is 12.1 Å². The molecule has 3 aromatic carbocycles. The van der Waals surface area contributed by atoms with Crippen LogP contribution in [-0.2, 0) is 16.6 Å². The predicted octanol–water partition coefficient (Wildman–Crippen LogP) is 3.89. The number of carbonyl (C=O) groups is 2. The Morgan fingerprint density at radius 2 is 1.48 bits per heavy atom. The first-order valence-electron chi connectivity index (χ1n) is 10.8. The van der Waals surface area contributed by atoms with Gasteiger partial charge in [-0.15, -0.1) is 0 Å². The van der Waals surface area contributed by atoms with E-state index in [4.69, 9.17) is 0 Å². The maximum absolute atomic E-state index is 13.0. The molecule has 0 radical (unpaired) electrons. The lowest BCUT2D eigenvalue weighted by molar-refractivity contribution is -0.126. The molecule has 4 rings (SSSR count). The number of amides is 2. The standard InChI is InChI=1S/C27H26N4O2/c1-19-23(22-15-9-10-16-24(22)31(19)2)17-29-30-25(32)18-28-27(33)26(20-11-5-3-6-12-20)21-13-7-4-8-14-21/h3-17,26H,18H2,1-2H3,(H,28,33)(H,30,32)/b29-17-. The molecular weight excluding hydrogens is 412 g/mol. The number of nitrogens with zero attached hydrogens (tertiary/aromatic N) is 2. The van der Waals surface area contributed by atoms with E-state index in [1.165, 1.54) is 0 Å². The number of benzene rings is 3. The van der Waals surface area contributed by atoms with Crippen molar-refractivity contribution in [3.63, 3.8) is 0 Å². The van der Waals surface area contributed by atoms with Crippen LogP contribution in [0.25, 0.3) is 10.9 Å². The Morgan fingerprint density at radius 3 is 2.12 bits per heavy atom. The number of aromatic nitrogens is 1. The number of hydrazone groups is 1. The van der Waals surface area contributed by atoms with E-state index in [-0.39, 0.29) is 12.5 Å². The van der Waals surface area contributed by atoms with Gasteiger partial charge in [0.1, 0.15) is 0 Å². The maximum Gasteiger partial charge on any atom is 0.259 e. The van der Waals surface area contributed by atoms with Crippen LogP contribution in [0.3, 0.4) is 0 Å². The third kappa shape index (κ3) is 4.85. The Balaban J connectivity index is 1.41. The van der Waals surface area contributed by atoms with Gasteiger partial charge in [0, 0.05) is 29.2 Å². The lowest BCUT2D eigenvalue weighted by Crippen LogP contribution is -2.37. The van der Waals surface area contributed by atoms with Crippen molar-refractivity contribution >= 4 is 28.9 Å². The van der Waals surface area contributed by atoms with Crippen molar-refractivity contribution in [2.45, 2.75) is 12.8 Å². The van der Waals surface area contributed by atoms with E-state index < -0.39 is 11.8 Å². The van der Waals surface area contributed by atoms with Crippen molar-refractivity contribution in [3.05, 3.63) is 107 Å². The molecule has 6 nitrogen and oxygen atoms in total. The summed E-state index contributed by atoms with van der Waals surface area (Å²) in [5, 5.41) is 7.93. The average molecular weight is 439 g/mol. The average Bonchev–Trinajstić information content (AvgIpc) is 3.09. The van der Waals surface area contributed by atoms with Crippen molar-refractivity contribution < 1.29 is 9.59 Å². The van der Waals surface area contributed by atoms with Crippen LogP contribution >= 0.6 is 0 Å². The summed E-state index contributed by atoms with van der Waals surface area (Å²) in [5.74, 6) is -1.13. The second-order valence-corrected chi connectivity index (χ2v) is 7.84. The second-order valence-electron chi connectivity index (χ2n) is 7.84. The van der Waals surface area contributed by atoms with Gasteiger partial charge in [-0.2, -0.15) is 5.10 Å². The number of rotatable bonds is 7. The molecular formula is C27H26N4O2. The summed E-state index contributed by atoms with van der Waals surface area (Å²) in [6.07, 6.45) is 1.65. The first-order chi connectivity index (χ1) is 16.1. The van der Waals surface area contributed by atoms with Crippen LogP contribution in [0, 0.1) is 6.92 Å². The molecule has 0 aliphatic rings. The van der Waals surface area contributed by atoms with E-state index >= 15 is 0 Å². The Bertz CT molecular complexity index is 1250. The van der Waals surface area contributed by atoms with Gasteiger partial charge in [-0.3, -0.25) is 9.59 Å². The molecule has 0 unspecified atom stereocenters. The highest BCUT2D eigenvalue weighted by molar-refractivity contribution is 6.01. The fourth-order valence-corrected chi connectivity index (χ4v) is 3.98. The van der Waals surface area contributed by atoms with E-state index in [9.17, 15) is 9.59 Å². The number of hydrogen-bond acceptors (Lipinski definition) is 3. The summed E-state index contributed by atoms with van der Waals surface area (Å²) in [7, 11) is 2.00. The Kier molecular flexibility index (Phi) is 6.64. The van der Waals surface area contributed by atoms with Gasteiger partial charge in [0.2, 0.25) is 5.91 Å². The highest BCUT2D eigenvalue weighted by Gasteiger charge is 2.22. The smallest absolute Gasteiger partial charge is 0.259 e. The Morgan fingerprint density at radius 1 is 0.909 bits per heavy atom. The van der Waals surface area contributed by atoms with Gasteiger partial charge in [0.25, 0.3) is 5.91 Å². The number of fused-ring (bicyclic) bond motifs is 1. The highest BCUT2D eigenvalue weighted by Crippen LogP contribution is 2.25. The maximum atomic E-state index is 13.0. The molecule has 1 heterocycles. The highest BCUT2D eigenvalue weighted by atomic mass is 16.2. The van der Waals surface area contributed by atoms with Crippen LogP contribution in [-0.4, -0.2) is 29.1 Å². The molecule has 0 aliphatic heterocycles. The Labute approximate surface area is 192 Å². The van der Waals surface area contributed by atoms with E-state index in [2.05, 4.69) is 20.4 Å². The minimum atomic E-state index is -0.498.